The maximum Gasteiger partial charge on any atom is 0.316 e. The number of alkyl halides is 1. The highest BCUT2D eigenvalue weighted by molar-refractivity contribution is 9.09. The molecule has 33 heavy (non-hydrogen) atoms. The Hall–Kier alpha value is -0.650. The molecule has 0 bridgehead atoms. The highest BCUT2D eigenvalue weighted by Crippen LogP contribution is 2.60. The van der Waals surface area contributed by atoms with Crippen molar-refractivity contribution in [3.8, 4) is 0 Å². The van der Waals surface area contributed by atoms with Crippen molar-refractivity contribution >= 4 is 21.9 Å². The molecular weight excluding hydrogens is 480 g/mol. The van der Waals surface area contributed by atoms with Gasteiger partial charge in [-0.25, -0.2) is 0 Å². The molecule has 2 unspecified atom stereocenters. The fourth-order valence-corrected chi connectivity index (χ4v) is 7.22. The van der Waals surface area contributed by atoms with E-state index >= 15 is 0 Å². The van der Waals surface area contributed by atoms with Crippen LogP contribution in [-0.4, -0.2) is 39.3 Å². The summed E-state index contributed by atoms with van der Waals surface area (Å²) < 4.78 is 5.49. The summed E-state index contributed by atoms with van der Waals surface area (Å²) in [5.41, 5.74) is 2.58. The van der Waals surface area contributed by atoms with E-state index < -0.39 is 11.7 Å². The van der Waals surface area contributed by atoms with Crippen molar-refractivity contribution in [2.45, 2.75) is 116 Å². The normalized spacial score (nSPS) is 36.1. The first-order valence-corrected chi connectivity index (χ1v) is 14.2. The third-order valence-corrected chi connectivity index (χ3v) is 9.09. The Kier molecular flexibility index (Phi) is 9.30. The Morgan fingerprint density at radius 2 is 2.06 bits per heavy atom. The molecule has 0 aromatic rings. The number of esters is 1. The lowest BCUT2D eigenvalue weighted by Gasteiger charge is -2.44. The molecule has 0 spiro atoms. The zero-order chi connectivity index (χ0) is 24.2. The molecule has 3 aliphatic rings. The molecule has 2 N–H and O–H groups in total. The number of aliphatic hydroxyl groups is 2. The standard InChI is InChI=1S/C28H45BrO4/c1-19(7-5-13-27(2,3)32)24-11-12-25-21(8-6-14-28(24,25)4)10-9-20-15-22(30)17-23(16-20)33-26(31)18-29/h9-10,19,22-25,30,32H,5-8,11-18H2,1-4H3/t19?,22-,23-,24-,25?,28-/m1/s1. The van der Waals surface area contributed by atoms with Crippen LogP contribution in [-0.2, 0) is 9.53 Å². The fraction of sp³-hybridized carbons (Fsp3) is 0.821. The summed E-state index contributed by atoms with van der Waals surface area (Å²) in [7, 11) is 0. The van der Waals surface area contributed by atoms with Crippen LogP contribution in [0.25, 0.3) is 0 Å². The molecule has 0 heterocycles. The lowest BCUT2D eigenvalue weighted by Crippen LogP contribution is -2.36. The van der Waals surface area contributed by atoms with E-state index in [1.807, 2.05) is 13.8 Å². The molecule has 6 atom stereocenters. The number of aliphatic hydroxyl groups excluding tert-OH is 1. The van der Waals surface area contributed by atoms with Crippen LogP contribution in [0.1, 0.15) is 98.3 Å². The minimum atomic E-state index is -0.561. The number of hydrogen-bond acceptors (Lipinski definition) is 4. The smallest absolute Gasteiger partial charge is 0.316 e. The van der Waals surface area contributed by atoms with Gasteiger partial charge in [0.15, 0.2) is 0 Å². The second-order valence-corrected chi connectivity index (χ2v) is 12.4. The van der Waals surface area contributed by atoms with Gasteiger partial charge in [-0.15, -0.1) is 0 Å². The third kappa shape index (κ3) is 7.18. The zero-order valence-corrected chi connectivity index (χ0v) is 22.7. The van der Waals surface area contributed by atoms with Gasteiger partial charge in [-0.2, -0.15) is 0 Å². The topological polar surface area (TPSA) is 66.8 Å². The second kappa shape index (κ2) is 11.4. The SMILES string of the molecule is CC(CCCC(C)(C)O)[C@H]1CCC2C(=CC=C3C[C@@H](O)C[C@H](OC(=O)CBr)C3)CCC[C@@]21C. The van der Waals surface area contributed by atoms with Gasteiger partial charge in [-0.3, -0.25) is 4.79 Å². The van der Waals surface area contributed by atoms with E-state index in [1.165, 1.54) is 44.1 Å². The van der Waals surface area contributed by atoms with E-state index in [4.69, 9.17) is 4.74 Å². The molecule has 188 valence electrons. The van der Waals surface area contributed by atoms with E-state index in [0.717, 1.165) is 25.2 Å². The first-order valence-electron chi connectivity index (χ1n) is 13.1. The maximum absolute atomic E-state index is 11.7. The van der Waals surface area contributed by atoms with Crippen LogP contribution in [0.15, 0.2) is 23.3 Å². The Balaban J connectivity index is 1.66. The number of carbonyl (C=O) groups is 1. The van der Waals surface area contributed by atoms with Crippen LogP contribution < -0.4 is 0 Å². The van der Waals surface area contributed by atoms with Gasteiger partial charge in [0.1, 0.15) is 11.4 Å². The highest BCUT2D eigenvalue weighted by atomic mass is 79.9. The number of fused-ring (bicyclic) bond motifs is 1. The van der Waals surface area contributed by atoms with Crippen LogP contribution in [0.4, 0.5) is 0 Å². The monoisotopic (exact) mass is 524 g/mol. The number of carbonyl (C=O) groups excluding carboxylic acids is 1. The summed E-state index contributed by atoms with van der Waals surface area (Å²) in [5.74, 6) is 1.84. The van der Waals surface area contributed by atoms with Crippen molar-refractivity contribution in [1.29, 1.82) is 0 Å². The first kappa shape index (κ1) is 26.9. The molecule has 3 saturated carbocycles. The summed E-state index contributed by atoms with van der Waals surface area (Å²) in [5, 5.41) is 20.6. The van der Waals surface area contributed by atoms with Crippen molar-refractivity contribution in [1.82, 2.24) is 0 Å². The van der Waals surface area contributed by atoms with Gasteiger partial charge in [0.05, 0.1) is 11.7 Å². The third-order valence-electron chi connectivity index (χ3n) is 8.64. The Morgan fingerprint density at radius 3 is 2.76 bits per heavy atom. The van der Waals surface area contributed by atoms with Crippen LogP contribution in [0.2, 0.25) is 0 Å². The molecular formula is C28H45BrO4. The molecule has 3 rings (SSSR count). The van der Waals surface area contributed by atoms with Gasteiger partial charge in [0.25, 0.3) is 0 Å². The minimum Gasteiger partial charge on any atom is -0.461 e. The Labute approximate surface area is 209 Å². The summed E-state index contributed by atoms with van der Waals surface area (Å²) in [4.78, 5) is 11.7. The lowest BCUT2D eigenvalue weighted by molar-refractivity contribution is -0.147. The van der Waals surface area contributed by atoms with Gasteiger partial charge in [-0.1, -0.05) is 65.9 Å². The number of halogens is 1. The van der Waals surface area contributed by atoms with Gasteiger partial charge in [0, 0.05) is 12.8 Å². The number of rotatable bonds is 8. The van der Waals surface area contributed by atoms with Crippen LogP contribution in [0.3, 0.4) is 0 Å². The van der Waals surface area contributed by atoms with E-state index in [9.17, 15) is 15.0 Å². The van der Waals surface area contributed by atoms with Crippen molar-refractivity contribution in [2.75, 3.05) is 5.33 Å². The largest absolute Gasteiger partial charge is 0.461 e. The van der Waals surface area contributed by atoms with E-state index in [-0.39, 0.29) is 17.4 Å². The number of ether oxygens (including phenoxy) is 1. The average Bonchev–Trinajstić information content (AvgIpc) is 3.08. The van der Waals surface area contributed by atoms with Crippen molar-refractivity contribution in [3.05, 3.63) is 23.3 Å². The van der Waals surface area contributed by atoms with Gasteiger partial charge < -0.3 is 14.9 Å². The molecule has 0 aromatic heterocycles. The van der Waals surface area contributed by atoms with Gasteiger partial charge in [0.2, 0.25) is 0 Å². The number of allylic oxidation sites excluding steroid dienone is 3. The summed E-state index contributed by atoms with van der Waals surface area (Å²) in [6, 6.07) is 0. The second-order valence-electron chi connectivity index (χ2n) is 11.9. The summed E-state index contributed by atoms with van der Waals surface area (Å²) >= 11 is 3.15. The summed E-state index contributed by atoms with van der Waals surface area (Å²) in [6.45, 7) is 8.79. The average molecular weight is 526 g/mol. The van der Waals surface area contributed by atoms with Crippen LogP contribution in [0, 0.1) is 23.2 Å². The molecule has 0 amide bonds. The molecule has 3 fully saturated rings. The van der Waals surface area contributed by atoms with E-state index in [1.54, 1.807) is 5.57 Å². The molecule has 0 aromatic carbocycles. The molecule has 0 radical (unpaired) electrons. The molecule has 5 heteroatoms. The minimum absolute atomic E-state index is 0.195. The van der Waals surface area contributed by atoms with Gasteiger partial charge >= 0.3 is 5.97 Å². The van der Waals surface area contributed by atoms with Crippen LogP contribution in [0.5, 0.6) is 0 Å². The highest BCUT2D eigenvalue weighted by Gasteiger charge is 2.50. The molecule has 0 aliphatic heterocycles. The molecule has 4 nitrogen and oxygen atoms in total. The predicted octanol–water partition coefficient (Wildman–Crippen LogP) is 6.48. The predicted molar refractivity (Wildman–Crippen MR) is 137 cm³/mol. The maximum atomic E-state index is 11.7. The summed E-state index contributed by atoms with van der Waals surface area (Å²) in [6.07, 6.45) is 15.3. The zero-order valence-electron chi connectivity index (χ0n) is 21.1. The fourth-order valence-electron chi connectivity index (χ4n) is 7.09. The van der Waals surface area contributed by atoms with E-state index in [0.29, 0.717) is 30.1 Å². The Bertz CT molecular complexity index is 737. The van der Waals surface area contributed by atoms with Crippen molar-refractivity contribution in [2.24, 2.45) is 23.2 Å². The molecule has 3 aliphatic carbocycles. The van der Waals surface area contributed by atoms with Crippen LogP contribution >= 0.6 is 15.9 Å². The first-order chi connectivity index (χ1) is 15.5. The van der Waals surface area contributed by atoms with Gasteiger partial charge in [-0.05, 0) is 82.0 Å². The number of hydrogen-bond donors (Lipinski definition) is 2. The Morgan fingerprint density at radius 1 is 1.30 bits per heavy atom. The molecule has 0 saturated heterocycles. The quantitative estimate of drug-likeness (QED) is 0.281. The van der Waals surface area contributed by atoms with Crippen molar-refractivity contribution < 1.29 is 19.7 Å². The lowest BCUT2D eigenvalue weighted by atomic mass is 9.60. The van der Waals surface area contributed by atoms with Crippen molar-refractivity contribution in [3.63, 3.8) is 0 Å². The van der Waals surface area contributed by atoms with E-state index in [2.05, 4.69) is 41.9 Å².